The lowest BCUT2D eigenvalue weighted by Gasteiger charge is -1.99. The van der Waals surface area contributed by atoms with Gasteiger partial charge in [-0.25, -0.2) is 9.50 Å². The lowest BCUT2D eigenvalue weighted by molar-refractivity contribution is 0.616. The minimum Gasteiger partial charge on any atom is -0.464 e. The van der Waals surface area contributed by atoms with E-state index in [1.54, 1.807) is 29.1 Å². The molecule has 2 N–H and O–H groups in total. The first-order chi connectivity index (χ1) is 9.72. The second kappa shape index (κ2) is 3.98. The Kier molecular flexibility index (Phi) is 2.25. The number of imidazole rings is 1. The van der Waals surface area contributed by atoms with Crippen molar-refractivity contribution in [2.24, 2.45) is 0 Å². The maximum Gasteiger partial charge on any atom is 0.154 e. The Hall–Kier alpha value is -2.53. The average molecular weight is 285 g/mol. The highest BCUT2D eigenvalue weighted by molar-refractivity contribution is 6.29. The van der Waals surface area contributed by atoms with E-state index in [4.69, 9.17) is 21.8 Å². The number of nitrogen functional groups attached to an aromatic ring is 1. The largest absolute Gasteiger partial charge is 0.464 e. The zero-order valence-corrected chi connectivity index (χ0v) is 11.0. The summed E-state index contributed by atoms with van der Waals surface area (Å²) in [7, 11) is 0. The maximum absolute atomic E-state index is 5.95. The number of rotatable bonds is 1. The quantitative estimate of drug-likeness (QED) is 0.544. The van der Waals surface area contributed by atoms with Crippen LogP contribution in [0.3, 0.4) is 0 Å². The highest BCUT2D eigenvalue weighted by Crippen LogP contribution is 2.32. The van der Waals surface area contributed by atoms with Crippen molar-refractivity contribution < 1.29 is 4.42 Å². The lowest BCUT2D eigenvalue weighted by Crippen LogP contribution is -1.93. The summed E-state index contributed by atoms with van der Waals surface area (Å²) in [6.07, 6.45) is 3.42. The molecule has 5 nitrogen and oxygen atoms in total. The molecular formula is C14H9ClN4O. The molecule has 1 aromatic carbocycles. The molecule has 0 radical (unpaired) electrons. The Bertz CT molecular complexity index is 863. The topological polar surface area (TPSA) is 69.3 Å². The van der Waals surface area contributed by atoms with Crippen LogP contribution in [-0.4, -0.2) is 14.6 Å². The van der Waals surface area contributed by atoms with E-state index in [9.17, 15) is 0 Å². The smallest absolute Gasteiger partial charge is 0.154 e. The number of nitrogens with two attached hydrogens (primary N) is 1. The first-order valence-electron chi connectivity index (χ1n) is 6.00. The maximum atomic E-state index is 5.95. The van der Waals surface area contributed by atoms with Crippen molar-refractivity contribution in [3.63, 3.8) is 0 Å². The molecule has 20 heavy (non-hydrogen) atoms. The number of furan rings is 1. The van der Waals surface area contributed by atoms with Crippen LogP contribution < -0.4 is 5.73 Å². The standard InChI is InChI=1S/C14H9ClN4O/c15-13-3-4-14-17-6-11(19(14)18-13)10-7-20-12-2-1-8(16)5-9(10)12/h1-7H,16H2. The molecule has 0 bridgehead atoms. The highest BCUT2D eigenvalue weighted by Gasteiger charge is 2.13. The Labute approximate surface area is 118 Å². The minimum atomic E-state index is 0.407. The van der Waals surface area contributed by atoms with E-state index in [1.165, 1.54) is 0 Å². The number of hydrogen-bond donors (Lipinski definition) is 1. The van der Waals surface area contributed by atoms with Crippen LogP contribution in [-0.2, 0) is 0 Å². The van der Waals surface area contributed by atoms with Crippen LogP contribution in [0.4, 0.5) is 5.69 Å². The van der Waals surface area contributed by atoms with Gasteiger partial charge < -0.3 is 10.2 Å². The van der Waals surface area contributed by atoms with E-state index in [-0.39, 0.29) is 0 Å². The van der Waals surface area contributed by atoms with Crippen LogP contribution in [0.2, 0.25) is 5.15 Å². The van der Waals surface area contributed by atoms with Gasteiger partial charge in [-0.2, -0.15) is 5.10 Å². The fraction of sp³-hybridized carbons (Fsp3) is 0. The van der Waals surface area contributed by atoms with Crippen LogP contribution in [0.1, 0.15) is 0 Å². The number of anilines is 1. The van der Waals surface area contributed by atoms with Crippen molar-refractivity contribution in [3.8, 4) is 11.3 Å². The van der Waals surface area contributed by atoms with Gasteiger partial charge in [0.05, 0.1) is 11.9 Å². The molecule has 4 aromatic rings. The van der Waals surface area contributed by atoms with Crippen LogP contribution in [0.5, 0.6) is 0 Å². The Morgan fingerprint density at radius 2 is 2.10 bits per heavy atom. The first kappa shape index (κ1) is 11.3. The van der Waals surface area contributed by atoms with Gasteiger partial charge in [0.25, 0.3) is 0 Å². The number of benzene rings is 1. The van der Waals surface area contributed by atoms with Gasteiger partial charge in [-0.15, -0.1) is 0 Å². The predicted molar refractivity (Wildman–Crippen MR) is 77.6 cm³/mol. The molecule has 0 amide bonds. The number of nitrogens with zero attached hydrogens (tertiary/aromatic N) is 3. The van der Waals surface area contributed by atoms with Gasteiger partial charge in [-0.1, -0.05) is 11.6 Å². The lowest BCUT2D eigenvalue weighted by atomic mass is 10.1. The highest BCUT2D eigenvalue weighted by atomic mass is 35.5. The van der Waals surface area contributed by atoms with E-state index in [0.717, 1.165) is 27.9 Å². The van der Waals surface area contributed by atoms with E-state index < -0.39 is 0 Å². The van der Waals surface area contributed by atoms with E-state index in [0.29, 0.717) is 10.8 Å². The second-order valence-electron chi connectivity index (χ2n) is 4.47. The summed E-state index contributed by atoms with van der Waals surface area (Å²) in [5.74, 6) is 0. The third-order valence-electron chi connectivity index (χ3n) is 3.20. The second-order valence-corrected chi connectivity index (χ2v) is 4.86. The van der Waals surface area contributed by atoms with Crippen molar-refractivity contribution in [2.75, 3.05) is 5.73 Å². The molecule has 0 saturated heterocycles. The summed E-state index contributed by atoms with van der Waals surface area (Å²) in [6, 6.07) is 9.05. The molecule has 6 heteroatoms. The minimum absolute atomic E-state index is 0.407. The summed E-state index contributed by atoms with van der Waals surface area (Å²) in [4.78, 5) is 4.31. The molecule has 4 rings (SSSR count). The zero-order valence-electron chi connectivity index (χ0n) is 10.2. The fourth-order valence-electron chi connectivity index (χ4n) is 2.28. The van der Waals surface area contributed by atoms with Crippen molar-refractivity contribution in [1.29, 1.82) is 0 Å². The molecule has 0 aliphatic carbocycles. The molecule has 0 atom stereocenters. The molecular weight excluding hydrogens is 276 g/mol. The summed E-state index contributed by atoms with van der Waals surface area (Å²) < 4.78 is 7.24. The van der Waals surface area contributed by atoms with E-state index in [2.05, 4.69) is 10.1 Å². The third-order valence-corrected chi connectivity index (χ3v) is 3.40. The van der Waals surface area contributed by atoms with Crippen molar-refractivity contribution in [2.45, 2.75) is 0 Å². The molecule has 0 aliphatic rings. The van der Waals surface area contributed by atoms with E-state index in [1.807, 2.05) is 18.2 Å². The number of hydrogen-bond acceptors (Lipinski definition) is 4. The molecule has 0 aliphatic heterocycles. The van der Waals surface area contributed by atoms with Gasteiger partial charge in [0.15, 0.2) is 5.65 Å². The van der Waals surface area contributed by atoms with Crippen molar-refractivity contribution >= 4 is 33.9 Å². The van der Waals surface area contributed by atoms with Gasteiger partial charge in [0.2, 0.25) is 0 Å². The Morgan fingerprint density at radius 1 is 1.20 bits per heavy atom. The molecule has 0 unspecified atom stereocenters. The monoisotopic (exact) mass is 284 g/mol. The first-order valence-corrected chi connectivity index (χ1v) is 6.37. The molecule has 0 fully saturated rings. The number of halogens is 1. The number of aromatic nitrogens is 3. The Morgan fingerprint density at radius 3 is 3.00 bits per heavy atom. The predicted octanol–water partition coefficient (Wildman–Crippen LogP) is 3.38. The molecule has 98 valence electrons. The van der Waals surface area contributed by atoms with Gasteiger partial charge >= 0.3 is 0 Å². The normalized spacial score (nSPS) is 11.4. The zero-order chi connectivity index (χ0) is 13.7. The fourth-order valence-corrected chi connectivity index (χ4v) is 2.42. The summed E-state index contributed by atoms with van der Waals surface area (Å²) in [6.45, 7) is 0. The van der Waals surface area contributed by atoms with E-state index >= 15 is 0 Å². The van der Waals surface area contributed by atoms with Crippen LogP contribution in [0.25, 0.3) is 27.9 Å². The van der Waals surface area contributed by atoms with Crippen molar-refractivity contribution in [3.05, 3.63) is 47.9 Å². The molecule has 3 aromatic heterocycles. The Balaban J connectivity index is 2.06. The third kappa shape index (κ3) is 1.57. The van der Waals surface area contributed by atoms with Gasteiger partial charge in [-0.05, 0) is 30.3 Å². The van der Waals surface area contributed by atoms with Gasteiger partial charge in [0.1, 0.15) is 17.0 Å². The number of fused-ring (bicyclic) bond motifs is 2. The SMILES string of the molecule is Nc1ccc2occ(-c3cnc4ccc(Cl)nn34)c2c1. The summed E-state index contributed by atoms with van der Waals surface area (Å²) in [5.41, 5.74) is 9.71. The van der Waals surface area contributed by atoms with Gasteiger partial charge in [0, 0.05) is 16.6 Å². The summed E-state index contributed by atoms with van der Waals surface area (Å²) >= 11 is 5.95. The molecule has 3 heterocycles. The average Bonchev–Trinajstić information content (AvgIpc) is 3.01. The van der Waals surface area contributed by atoms with Crippen LogP contribution in [0, 0.1) is 0 Å². The summed E-state index contributed by atoms with van der Waals surface area (Å²) in [5, 5.41) is 5.60. The molecule has 0 spiro atoms. The van der Waals surface area contributed by atoms with Crippen molar-refractivity contribution in [1.82, 2.24) is 14.6 Å². The molecule has 0 saturated carbocycles. The van der Waals surface area contributed by atoms with Gasteiger partial charge in [-0.3, -0.25) is 0 Å². The van der Waals surface area contributed by atoms with Crippen LogP contribution in [0.15, 0.2) is 47.2 Å². The van der Waals surface area contributed by atoms with Crippen LogP contribution >= 0.6 is 11.6 Å².